The molecule has 6 heteroatoms. The maximum absolute atomic E-state index is 11.9. The Morgan fingerprint density at radius 3 is 2.13 bits per heavy atom. The molecule has 30 heavy (non-hydrogen) atoms. The van der Waals surface area contributed by atoms with Gasteiger partial charge in [0.25, 0.3) is 0 Å². The summed E-state index contributed by atoms with van der Waals surface area (Å²) in [6, 6.07) is 21.0. The molecule has 0 heterocycles. The molecule has 1 amide bonds. The lowest BCUT2D eigenvalue weighted by Crippen LogP contribution is -2.44. The smallest absolute Gasteiger partial charge is 0.241 e. The minimum atomic E-state index is 0.0140. The number of nitrogens with one attached hydrogen (secondary N) is 2. The first-order valence-electron chi connectivity index (χ1n) is 10.5. The first kappa shape index (κ1) is 23.4. The van der Waals surface area contributed by atoms with E-state index in [0.29, 0.717) is 18.5 Å². The third-order valence-electron chi connectivity index (χ3n) is 5.05. The predicted octanol–water partition coefficient (Wildman–Crippen LogP) is 2.72. The lowest BCUT2D eigenvalue weighted by Gasteiger charge is -2.25. The molecule has 2 rings (SSSR count). The first-order valence-corrected chi connectivity index (χ1v) is 10.5. The number of guanidine groups is 1. The van der Waals surface area contributed by atoms with Crippen molar-refractivity contribution < 1.29 is 4.79 Å². The molecule has 1 unspecified atom stereocenters. The van der Waals surface area contributed by atoms with Crippen molar-refractivity contribution in [2.24, 2.45) is 4.99 Å². The molecule has 162 valence electrons. The highest BCUT2D eigenvalue weighted by Gasteiger charge is 2.11. The van der Waals surface area contributed by atoms with Gasteiger partial charge in [0.1, 0.15) is 0 Å². The highest BCUT2D eigenvalue weighted by atomic mass is 16.2. The van der Waals surface area contributed by atoms with Crippen LogP contribution in [-0.2, 0) is 17.9 Å². The van der Waals surface area contributed by atoms with E-state index in [1.807, 2.05) is 36.4 Å². The van der Waals surface area contributed by atoms with Crippen molar-refractivity contribution in [2.75, 3.05) is 34.2 Å². The van der Waals surface area contributed by atoms with Crippen molar-refractivity contribution in [3.05, 3.63) is 71.8 Å². The van der Waals surface area contributed by atoms with Crippen molar-refractivity contribution in [1.29, 1.82) is 0 Å². The number of likely N-dealkylation sites (N-methyl/N-ethyl adjacent to an activating group) is 1. The maximum atomic E-state index is 11.9. The molecule has 2 aromatic rings. The Kier molecular flexibility index (Phi) is 9.87. The van der Waals surface area contributed by atoms with Crippen LogP contribution >= 0.6 is 0 Å². The normalized spacial score (nSPS) is 12.5. The van der Waals surface area contributed by atoms with Crippen LogP contribution in [0.15, 0.2) is 65.7 Å². The Hall–Kier alpha value is -2.86. The van der Waals surface area contributed by atoms with Crippen molar-refractivity contribution >= 4 is 11.9 Å². The summed E-state index contributed by atoms with van der Waals surface area (Å²) in [5.74, 6) is 0.673. The van der Waals surface area contributed by atoms with E-state index in [1.54, 1.807) is 19.0 Å². The summed E-state index contributed by atoms with van der Waals surface area (Å²) in [4.78, 5) is 20.5. The second kappa shape index (κ2) is 12.6. The molecular weight excluding hydrogens is 374 g/mol. The van der Waals surface area contributed by atoms with Gasteiger partial charge in [0.05, 0.1) is 13.1 Å². The number of carbonyl (C=O) groups is 1. The predicted molar refractivity (Wildman–Crippen MR) is 124 cm³/mol. The van der Waals surface area contributed by atoms with Crippen molar-refractivity contribution in [3.8, 4) is 0 Å². The quantitative estimate of drug-likeness (QED) is 0.468. The van der Waals surface area contributed by atoms with Crippen LogP contribution in [-0.4, -0.2) is 61.9 Å². The lowest BCUT2D eigenvalue weighted by molar-refractivity contribution is -0.127. The first-order chi connectivity index (χ1) is 14.5. The number of carbonyl (C=O) groups excluding carboxylic acids is 1. The van der Waals surface area contributed by atoms with Gasteiger partial charge in [-0.1, -0.05) is 60.7 Å². The van der Waals surface area contributed by atoms with Crippen LogP contribution in [0, 0.1) is 0 Å². The number of nitrogens with zero attached hydrogens (tertiary/aromatic N) is 3. The summed E-state index contributed by atoms with van der Waals surface area (Å²) in [5, 5.41) is 6.52. The Balaban J connectivity index is 1.86. The molecule has 0 spiro atoms. The van der Waals surface area contributed by atoms with Crippen LogP contribution in [0.5, 0.6) is 0 Å². The van der Waals surface area contributed by atoms with Gasteiger partial charge in [-0.05, 0) is 31.5 Å². The Morgan fingerprint density at radius 2 is 1.53 bits per heavy atom. The van der Waals surface area contributed by atoms with Gasteiger partial charge in [-0.25, -0.2) is 4.99 Å². The molecule has 0 aliphatic rings. The van der Waals surface area contributed by atoms with E-state index in [0.717, 1.165) is 25.1 Å². The number of amides is 1. The van der Waals surface area contributed by atoms with E-state index in [-0.39, 0.29) is 12.5 Å². The summed E-state index contributed by atoms with van der Waals surface area (Å²) in [6.45, 7) is 4.71. The van der Waals surface area contributed by atoms with Crippen LogP contribution in [0.1, 0.15) is 24.5 Å². The third kappa shape index (κ3) is 8.66. The lowest BCUT2D eigenvalue weighted by atomic mass is 10.1. The topological polar surface area (TPSA) is 60.0 Å². The minimum Gasteiger partial charge on any atom is -0.356 e. The van der Waals surface area contributed by atoms with Gasteiger partial charge in [-0.2, -0.15) is 0 Å². The zero-order valence-electron chi connectivity index (χ0n) is 18.6. The molecule has 1 atom stereocenters. The van der Waals surface area contributed by atoms with E-state index in [4.69, 9.17) is 0 Å². The third-order valence-corrected chi connectivity index (χ3v) is 5.05. The number of hydrogen-bond donors (Lipinski definition) is 2. The Bertz CT molecular complexity index is 777. The van der Waals surface area contributed by atoms with Crippen molar-refractivity contribution in [2.45, 2.75) is 32.5 Å². The largest absolute Gasteiger partial charge is 0.356 e. The van der Waals surface area contributed by atoms with E-state index >= 15 is 0 Å². The van der Waals surface area contributed by atoms with Crippen LogP contribution in [0.3, 0.4) is 0 Å². The zero-order chi connectivity index (χ0) is 21.8. The molecule has 2 N–H and O–H groups in total. The molecule has 0 saturated heterocycles. The van der Waals surface area contributed by atoms with Crippen LogP contribution in [0.25, 0.3) is 0 Å². The second-order valence-corrected chi connectivity index (χ2v) is 7.76. The fourth-order valence-corrected chi connectivity index (χ4v) is 2.89. The second-order valence-electron chi connectivity index (χ2n) is 7.76. The van der Waals surface area contributed by atoms with Gasteiger partial charge in [0.2, 0.25) is 5.91 Å². The number of benzene rings is 2. The maximum Gasteiger partial charge on any atom is 0.241 e. The minimum absolute atomic E-state index is 0.0140. The number of hydrogen-bond acceptors (Lipinski definition) is 3. The molecule has 0 bridgehead atoms. The summed E-state index contributed by atoms with van der Waals surface area (Å²) < 4.78 is 0. The average Bonchev–Trinajstić information content (AvgIpc) is 2.76. The van der Waals surface area contributed by atoms with E-state index in [1.165, 1.54) is 5.56 Å². The Morgan fingerprint density at radius 1 is 0.933 bits per heavy atom. The van der Waals surface area contributed by atoms with Crippen molar-refractivity contribution in [1.82, 2.24) is 20.4 Å². The molecule has 0 aliphatic heterocycles. The molecule has 0 fully saturated rings. The van der Waals surface area contributed by atoms with E-state index < -0.39 is 0 Å². The fraction of sp³-hybridized carbons (Fsp3) is 0.417. The zero-order valence-corrected chi connectivity index (χ0v) is 18.6. The van der Waals surface area contributed by atoms with Crippen LogP contribution < -0.4 is 10.6 Å². The van der Waals surface area contributed by atoms with Gasteiger partial charge in [0, 0.05) is 33.2 Å². The summed E-state index contributed by atoms with van der Waals surface area (Å²) in [6.07, 6.45) is 0.969. The van der Waals surface area contributed by atoms with E-state index in [2.05, 4.69) is 58.8 Å². The van der Waals surface area contributed by atoms with Crippen LogP contribution in [0.2, 0.25) is 0 Å². The molecule has 0 aromatic heterocycles. The molecule has 6 nitrogen and oxygen atoms in total. The highest BCUT2D eigenvalue weighted by molar-refractivity contribution is 5.86. The molecule has 0 saturated carbocycles. The number of aliphatic imine (C=N–C) groups is 1. The molecule has 0 radical (unpaired) electrons. The summed E-state index contributed by atoms with van der Waals surface area (Å²) in [7, 11) is 5.65. The molecule has 2 aromatic carbocycles. The van der Waals surface area contributed by atoms with Gasteiger partial charge in [-0.3, -0.25) is 9.69 Å². The van der Waals surface area contributed by atoms with Gasteiger partial charge >= 0.3 is 0 Å². The summed E-state index contributed by atoms with van der Waals surface area (Å²) >= 11 is 0. The SMILES string of the molecule is CC(CCNC(=NCc1ccccc1)NCC(=O)N(C)C)N(C)Cc1ccccc1. The van der Waals surface area contributed by atoms with Gasteiger partial charge in [-0.15, -0.1) is 0 Å². The standard InChI is InChI=1S/C24H35N5O/c1-20(29(4)19-22-13-9-6-10-14-22)15-16-25-24(27-18-23(30)28(2)3)26-17-21-11-7-5-8-12-21/h5-14,20H,15-19H2,1-4H3,(H2,25,26,27). The Labute approximate surface area is 181 Å². The van der Waals surface area contributed by atoms with Crippen LogP contribution in [0.4, 0.5) is 0 Å². The van der Waals surface area contributed by atoms with Crippen molar-refractivity contribution in [3.63, 3.8) is 0 Å². The monoisotopic (exact) mass is 409 g/mol. The van der Waals surface area contributed by atoms with Gasteiger partial charge < -0.3 is 15.5 Å². The van der Waals surface area contributed by atoms with Gasteiger partial charge in [0.15, 0.2) is 5.96 Å². The number of rotatable bonds is 10. The fourth-order valence-electron chi connectivity index (χ4n) is 2.89. The summed E-state index contributed by atoms with van der Waals surface area (Å²) in [5.41, 5.74) is 2.45. The average molecular weight is 410 g/mol. The highest BCUT2D eigenvalue weighted by Crippen LogP contribution is 2.08. The molecular formula is C24H35N5O. The van der Waals surface area contributed by atoms with E-state index in [9.17, 15) is 4.79 Å². The molecule has 0 aliphatic carbocycles.